The van der Waals surface area contributed by atoms with Gasteiger partial charge in [0.25, 0.3) is 0 Å². The van der Waals surface area contributed by atoms with Crippen LogP contribution in [-0.2, 0) is 4.79 Å². The maximum absolute atomic E-state index is 12.0. The smallest absolute Gasteiger partial charge is 0.230 e. The van der Waals surface area contributed by atoms with Gasteiger partial charge in [-0.3, -0.25) is 9.79 Å². The molecule has 2 bridgehead atoms. The van der Waals surface area contributed by atoms with Gasteiger partial charge in [0, 0.05) is 11.8 Å². The van der Waals surface area contributed by atoms with Gasteiger partial charge in [-0.25, -0.2) is 0 Å². The Balaban J connectivity index is 1.41. The second-order valence-corrected chi connectivity index (χ2v) is 8.29. The normalized spacial score (nSPS) is 34.4. The fourth-order valence-corrected chi connectivity index (χ4v) is 5.66. The highest BCUT2D eigenvalue weighted by molar-refractivity contribution is 8.39. The highest BCUT2D eigenvalue weighted by Gasteiger charge is 2.42. The SMILES string of the molecule is CC(NC(=O)CSC1=NCCS1)C1CC2CCC1C2. The van der Waals surface area contributed by atoms with Crippen LogP contribution in [0.1, 0.15) is 32.6 Å². The molecule has 1 heterocycles. The molecule has 4 unspecified atom stereocenters. The zero-order valence-electron chi connectivity index (χ0n) is 11.4. The Morgan fingerprint density at radius 1 is 1.53 bits per heavy atom. The number of nitrogens with zero attached hydrogens (tertiary/aromatic N) is 1. The van der Waals surface area contributed by atoms with Crippen molar-refractivity contribution >= 4 is 33.8 Å². The molecular formula is C14H22N2OS2. The topological polar surface area (TPSA) is 41.5 Å². The number of hydrogen-bond acceptors (Lipinski definition) is 4. The van der Waals surface area contributed by atoms with Gasteiger partial charge in [0.15, 0.2) is 0 Å². The van der Waals surface area contributed by atoms with Crippen LogP contribution >= 0.6 is 23.5 Å². The van der Waals surface area contributed by atoms with Crippen molar-refractivity contribution in [3.63, 3.8) is 0 Å². The van der Waals surface area contributed by atoms with E-state index in [2.05, 4.69) is 17.2 Å². The first-order valence-corrected chi connectivity index (χ1v) is 9.29. The molecule has 0 radical (unpaired) electrons. The predicted molar refractivity (Wildman–Crippen MR) is 83.8 cm³/mol. The maximum Gasteiger partial charge on any atom is 0.230 e. The van der Waals surface area contributed by atoms with Gasteiger partial charge in [-0.2, -0.15) is 0 Å². The van der Waals surface area contributed by atoms with Gasteiger partial charge < -0.3 is 5.32 Å². The third kappa shape index (κ3) is 3.30. The zero-order chi connectivity index (χ0) is 13.2. The van der Waals surface area contributed by atoms with Crippen LogP contribution in [0.5, 0.6) is 0 Å². The van der Waals surface area contributed by atoms with Gasteiger partial charge in [-0.15, -0.1) is 0 Å². The summed E-state index contributed by atoms with van der Waals surface area (Å²) < 4.78 is 1.09. The Kier molecular flexibility index (Phi) is 4.42. The number of carbonyl (C=O) groups is 1. The molecular weight excluding hydrogens is 276 g/mol. The molecule has 5 heteroatoms. The highest BCUT2D eigenvalue weighted by atomic mass is 32.2. The summed E-state index contributed by atoms with van der Waals surface area (Å²) in [5.74, 6) is 4.33. The molecule has 1 aliphatic heterocycles. The number of fused-ring (bicyclic) bond motifs is 2. The predicted octanol–water partition coefficient (Wildman–Crippen LogP) is 2.76. The van der Waals surface area contributed by atoms with E-state index in [-0.39, 0.29) is 5.91 Å². The number of carbonyl (C=O) groups excluding carboxylic acids is 1. The van der Waals surface area contributed by atoms with Crippen molar-refractivity contribution in [2.24, 2.45) is 22.7 Å². The van der Waals surface area contributed by atoms with Crippen LogP contribution in [0.3, 0.4) is 0 Å². The first-order chi connectivity index (χ1) is 9.22. The lowest BCUT2D eigenvalue weighted by Gasteiger charge is -2.28. The average molecular weight is 298 g/mol. The third-order valence-corrected chi connectivity index (χ3v) is 6.96. The lowest BCUT2D eigenvalue weighted by molar-refractivity contribution is -0.119. The van der Waals surface area contributed by atoms with Gasteiger partial charge in [0.2, 0.25) is 5.91 Å². The molecule has 106 valence electrons. The second kappa shape index (κ2) is 6.08. The summed E-state index contributed by atoms with van der Waals surface area (Å²) in [6, 6.07) is 0.349. The molecule has 2 saturated carbocycles. The van der Waals surface area contributed by atoms with Crippen LogP contribution in [-0.4, -0.2) is 34.4 Å². The van der Waals surface area contributed by atoms with Crippen LogP contribution in [0.4, 0.5) is 0 Å². The van der Waals surface area contributed by atoms with Crippen LogP contribution in [0.2, 0.25) is 0 Å². The minimum atomic E-state index is 0.176. The summed E-state index contributed by atoms with van der Waals surface area (Å²) in [4.78, 5) is 16.3. The lowest BCUT2D eigenvalue weighted by Crippen LogP contribution is -2.41. The van der Waals surface area contributed by atoms with Gasteiger partial charge in [0.05, 0.1) is 12.3 Å². The molecule has 3 rings (SSSR count). The summed E-state index contributed by atoms with van der Waals surface area (Å²) in [5.41, 5.74) is 0. The average Bonchev–Trinajstić information content (AvgIpc) is 3.13. The molecule has 1 amide bonds. The van der Waals surface area contributed by atoms with E-state index >= 15 is 0 Å². The molecule has 3 aliphatic rings. The number of hydrogen-bond donors (Lipinski definition) is 1. The number of rotatable bonds is 4. The van der Waals surface area contributed by atoms with Gasteiger partial charge in [-0.1, -0.05) is 29.9 Å². The summed E-state index contributed by atoms with van der Waals surface area (Å²) in [5, 5.41) is 3.21. The van der Waals surface area contributed by atoms with Crippen LogP contribution in [0.15, 0.2) is 4.99 Å². The molecule has 0 saturated heterocycles. The number of aliphatic imine (C=N–C) groups is 1. The maximum atomic E-state index is 12.0. The molecule has 2 fully saturated rings. The minimum absolute atomic E-state index is 0.176. The van der Waals surface area contributed by atoms with Gasteiger partial charge in [-0.05, 0) is 43.9 Å². The van der Waals surface area contributed by atoms with Crippen molar-refractivity contribution in [1.29, 1.82) is 0 Å². The van der Waals surface area contributed by atoms with E-state index in [4.69, 9.17) is 0 Å². The lowest BCUT2D eigenvalue weighted by atomic mass is 9.84. The van der Waals surface area contributed by atoms with Crippen molar-refractivity contribution in [3.8, 4) is 0 Å². The Hall–Kier alpha value is -0.160. The van der Waals surface area contributed by atoms with Crippen molar-refractivity contribution in [3.05, 3.63) is 0 Å². The van der Waals surface area contributed by atoms with E-state index in [9.17, 15) is 4.79 Å². The highest BCUT2D eigenvalue weighted by Crippen LogP contribution is 2.49. The largest absolute Gasteiger partial charge is 0.353 e. The third-order valence-electron chi connectivity index (χ3n) is 4.71. The fraction of sp³-hybridized carbons (Fsp3) is 0.857. The van der Waals surface area contributed by atoms with E-state index in [0.717, 1.165) is 34.4 Å². The Bertz CT molecular complexity index is 386. The second-order valence-electron chi connectivity index (χ2n) is 5.98. The number of nitrogens with one attached hydrogen (secondary N) is 1. The van der Waals surface area contributed by atoms with Crippen molar-refractivity contribution in [2.45, 2.75) is 38.6 Å². The number of amides is 1. The van der Waals surface area contributed by atoms with E-state index in [1.807, 2.05) is 0 Å². The van der Waals surface area contributed by atoms with Crippen molar-refractivity contribution in [1.82, 2.24) is 5.32 Å². The summed E-state index contributed by atoms with van der Waals surface area (Å²) >= 11 is 3.36. The molecule has 0 aromatic rings. The van der Waals surface area contributed by atoms with Gasteiger partial charge >= 0.3 is 0 Å². The van der Waals surface area contributed by atoms with Gasteiger partial charge in [0.1, 0.15) is 4.38 Å². The van der Waals surface area contributed by atoms with E-state index < -0.39 is 0 Å². The molecule has 4 atom stereocenters. The molecule has 19 heavy (non-hydrogen) atoms. The molecule has 3 nitrogen and oxygen atoms in total. The van der Waals surface area contributed by atoms with Crippen LogP contribution in [0, 0.1) is 17.8 Å². The first kappa shape index (κ1) is 13.8. The quantitative estimate of drug-likeness (QED) is 0.867. The Morgan fingerprint density at radius 2 is 2.42 bits per heavy atom. The van der Waals surface area contributed by atoms with E-state index in [0.29, 0.717) is 11.8 Å². The molecule has 0 aromatic heterocycles. The fourth-order valence-electron chi connectivity index (χ4n) is 3.84. The van der Waals surface area contributed by atoms with Crippen LogP contribution < -0.4 is 5.32 Å². The van der Waals surface area contributed by atoms with E-state index in [1.54, 1.807) is 23.5 Å². The molecule has 0 spiro atoms. The zero-order valence-corrected chi connectivity index (χ0v) is 13.1. The standard InChI is InChI=1S/C14H22N2OS2/c1-9(12-7-10-2-3-11(12)6-10)16-13(17)8-19-14-15-4-5-18-14/h9-12H,2-8H2,1H3,(H,16,17). The molecule has 0 aromatic carbocycles. The first-order valence-electron chi connectivity index (χ1n) is 7.32. The van der Waals surface area contributed by atoms with E-state index in [1.165, 1.54) is 25.7 Å². The molecule has 1 N–H and O–H groups in total. The molecule has 2 aliphatic carbocycles. The minimum Gasteiger partial charge on any atom is -0.353 e. The summed E-state index contributed by atoms with van der Waals surface area (Å²) in [7, 11) is 0. The van der Waals surface area contributed by atoms with Crippen LogP contribution in [0.25, 0.3) is 0 Å². The monoisotopic (exact) mass is 298 g/mol. The summed E-state index contributed by atoms with van der Waals surface area (Å²) in [6.45, 7) is 3.10. The number of thioether (sulfide) groups is 2. The Labute approximate surface area is 123 Å². The van der Waals surface area contributed by atoms with Crippen molar-refractivity contribution in [2.75, 3.05) is 18.1 Å². The van der Waals surface area contributed by atoms with Crippen molar-refractivity contribution < 1.29 is 4.79 Å². The summed E-state index contributed by atoms with van der Waals surface area (Å²) in [6.07, 6.45) is 5.56. The Morgan fingerprint density at radius 3 is 3.05 bits per heavy atom.